The average molecular weight is 411 g/mol. The number of ether oxygens (including phenoxy) is 2. The van der Waals surface area contributed by atoms with Crippen molar-refractivity contribution < 1.29 is 22.7 Å². The third-order valence-corrected chi connectivity index (χ3v) is 5.70. The summed E-state index contributed by atoms with van der Waals surface area (Å²) >= 11 is 0. The highest BCUT2D eigenvalue weighted by Gasteiger charge is 2.21. The molecule has 29 heavy (non-hydrogen) atoms. The molecule has 0 radical (unpaired) electrons. The summed E-state index contributed by atoms with van der Waals surface area (Å²) in [4.78, 5) is 15.9. The molecule has 0 spiro atoms. The van der Waals surface area contributed by atoms with Gasteiger partial charge in [-0.05, 0) is 23.8 Å². The maximum atomic E-state index is 12.8. The van der Waals surface area contributed by atoms with Crippen molar-refractivity contribution in [1.29, 1.82) is 0 Å². The van der Waals surface area contributed by atoms with E-state index in [0.29, 0.717) is 17.9 Å². The minimum atomic E-state index is -3.61. The van der Waals surface area contributed by atoms with Crippen LogP contribution in [0.25, 0.3) is 0 Å². The van der Waals surface area contributed by atoms with Gasteiger partial charge in [0.1, 0.15) is 12.4 Å². The molecule has 0 amide bonds. The lowest BCUT2D eigenvalue weighted by atomic mass is 10.2. The third-order valence-electron chi connectivity index (χ3n) is 4.24. The Labute approximate surface area is 170 Å². The Kier molecular flexibility index (Phi) is 6.61. The highest BCUT2D eigenvalue weighted by Crippen LogP contribution is 2.23. The molecule has 0 aliphatic carbocycles. The molecule has 1 heterocycles. The fourth-order valence-electron chi connectivity index (χ4n) is 2.84. The number of pyridine rings is 1. The van der Waals surface area contributed by atoms with Crippen LogP contribution in [0.2, 0.25) is 0 Å². The second-order valence-electron chi connectivity index (χ2n) is 6.40. The molecule has 0 fully saturated rings. The largest absolute Gasteiger partial charge is 0.489 e. The van der Waals surface area contributed by atoms with Crippen LogP contribution in [0, 0.1) is 0 Å². The highest BCUT2D eigenvalue weighted by atomic mass is 32.2. The second kappa shape index (κ2) is 9.34. The Morgan fingerprint density at radius 3 is 2.41 bits per heavy atom. The van der Waals surface area contributed by atoms with Crippen molar-refractivity contribution in [3.05, 3.63) is 95.3 Å². The number of rotatable bonds is 8. The van der Waals surface area contributed by atoms with Gasteiger partial charge in [0.25, 0.3) is 0 Å². The van der Waals surface area contributed by atoms with Gasteiger partial charge >= 0.3 is 5.97 Å². The fourth-order valence-corrected chi connectivity index (χ4v) is 4.31. The summed E-state index contributed by atoms with van der Waals surface area (Å²) in [6, 6.07) is 19.7. The van der Waals surface area contributed by atoms with E-state index in [4.69, 9.17) is 9.47 Å². The van der Waals surface area contributed by atoms with Crippen molar-refractivity contribution in [2.75, 3.05) is 7.11 Å². The molecule has 6 nitrogen and oxygen atoms in total. The van der Waals surface area contributed by atoms with Crippen LogP contribution in [-0.4, -0.2) is 26.5 Å². The Bertz CT molecular complexity index is 1080. The minimum absolute atomic E-state index is 0.146. The molecule has 2 aromatic carbocycles. The molecule has 0 saturated carbocycles. The molecular formula is C22H21NO5S. The first-order chi connectivity index (χ1) is 14.0. The van der Waals surface area contributed by atoms with Crippen LogP contribution >= 0.6 is 0 Å². The van der Waals surface area contributed by atoms with E-state index in [1.54, 1.807) is 30.3 Å². The zero-order valence-corrected chi connectivity index (χ0v) is 16.8. The molecule has 3 aromatic rings. The van der Waals surface area contributed by atoms with Crippen LogP contribution < -0.4 is 4.74 Å². The quantitative estimate of drug-likeness (QED) is 0.527. The number of esters is 1. The predicted molar refractivity (Wildman–Crippen MR) is 109 cm³/mol. The van der Waals surface area contributed by atoms with E-state index in [9.17, 15) is 13.2 Å². The Hall–Kier alpha value is -3.19. The van der Waals surface area contributed by atoms with E-state index >= 15 is 0 Å². The van der Waals surface area contributed by atoms with Crippen LogP contribution in [0.3, 0.4) is 0 Å². The van der Waals surface area contributed by atoms with Gasteiger partial charge in [-0.15, -0.1) is 0 Å². The lowest BCUT2D eigenvalue weighted by molar-refractivity contribution is 0.0599. The van der Waals surface area contributed by atoms with Crippen LogP contribution in [0.5, 0.6) is 5.75 Å². The number of carbonyl (C=O) groups excluding carboxylic acids is 1. The first-order valence-electron chi connectivity index (χ1n) is 8.96. The van der Waals surface area contributed by atoms with Gasteiger partial charge in [-0.1, -0.05) is 48.5 Å². The van der Waals surface area contributed by atoms with Gasteiger partial charge in [-0.2, -0.15) is 0 Å². The lowest BCUT2D eigenvalue weighted by Crippen LogP contribution is -2.14. The van der Waals surface area contributed by atoms with Gasteiger partial charge in [0.15, 0.2) is 9.84 Å². The van der Waals surface area contributed by atoms with Gasteiger partial charge < -0.3 is 9.47 Å². The van der Waals surface area contributed by atoms with Gasteiger partial charge in [-0.25, -0.2) is 13.2 Å². The topological polar surface area (TPSA) is 82.6 Å². The van der Waals surface area contributed by atoms with Crippen molar-refractivity contribution >= 4 is 15.8 Å². The maximum absolute atomic E-state index is 12.8. The smallest absolute Gasteiger partial charge is 0.339 e. The molecule has 7 heteroatoms. The number of hydrogen-bond donors (Lipinski definition) is 0. The summed E-state index contributed by atoms with van der Waals surface area (Å²) in [5.41, 5.74) is 1.86. The van der Waals surface area contributed by atoms with E-state index in [1.165, 1.54) is 19.4 Å². The molecule has 0 atom stereocenters. The molecule has 3 rings (SSSR count). The molecule has 150 valence electrons. The molecule has 1 aromatic heterocycles. The summed E-state index contributed by atoms with van der Waals surface area (Å²) in [5, 5.41) is 0. The Morgan fingerprint density at radius 1 is 0.931 bits per heavy atom. The minimum Gasteiger partial charge on any atom is -0.489 e. The van der Waals surface area contributed by atoms with E-state index in [2.05, 4.69) is 4.98 Å². The van der Waals surface area contributed by atoms with Crippen LogP contribution in [0.1, 0.15) is 27.2 Å². The molecule has 0 N–H and O–H groups in total. The maximum Gasteiger partial charge on any atom is 0.339 e. The van der Waals surface area contributed by atoms with Crippen molar-refractivity contribution in [2.45, 2.75) is 18.1 Å². The van der Waals surface area contributed by atoms with E-state index < -0.39 is 15.8 Å². The number of benzene rings is 2. The molecule has 0 unspecified atom stereocenters. The van der Waals surface area contributed by atoms with Crippen molar-refractivity contribution in [3.8, 4) is 5.75 Å². The third kappa shape index (κ3) is 5.65. The van der Waals surface area contributed by atoms with Crippen molar-refractivity contribution in [2.24, 2.45) is 0 Å². The number of sulfone groups is 1. The lowest BCUT2D eigenvalue weighted by Gasteiger charge is -2.12. The van der Waals surface area contributed by atoms with Gasteiger partial charge in [-0.3, -0.25) is 4.98 Å². The fraction of sp³-hybridized carbons (Fsp3) is 0.182. The number of methoxy groups -OCH3 is 1. The second-order valence-corrected chi connectivity index (χ2v) is 8.47. The summed E-state index contributed by atoms with van der Waals surface area (Å²) in [6.07, 6.45) is 1.45. The molecule has 0 bridgehead atoms. The molecule has 0 saturated heterocycles. The van der Waals surface area contributed by atoms with Crippen LogP contribution in [0.4, 0.5) is 0 Å². The van der Waals surface area contributed by atoms with Gasteiger partial charge in [0.2, 0.25) is 0 Å². The standard InChI is InChI=1S/C22H21NO5S/c1-27-22(24)19-11-7-13-23-20(19)16-29(25,26)15-18-10-5-6-12-21(18)28-14-17-8-3-2-4-9-17/h2-13H,14-16H2,1H3. The van der Waals surface area contributed by atoms with Crippen molar-refractivity contribution in [3.63, 3.8) is 0 Å². The summed E-state index contributed by atoms with van der Waals surface area (Å²) in [6.45, 7) is 0.338. The molecule has 0 aliphatic rings. The summed E-state index contributed by atoms with van der Waals surface area (Å²) < 4.78 is 36.2. The number of aromatic nitrogens is 1. The van der Waals surface area contributed by atoms with Crippen molar-refractivity contribution in [1.82, 2.24) is 4.98 Å². The average Bonchev–Trinajstić information content (AvgIpc) is 2.73. The Morgan fingerprint density at radius 2 is 1.66 bits per heavy atom. The SMILES string of the molecule is COC(=O)c1cccnc1CS(=O)(=O)Cc1ccccc1OCc1ccccc1. The monoisotopic (exact) mass is 411 g/mol. The number of carbonyl (C=O) groups is 1. The first-order valence-corrected chi connectivity index (χ1v) is 10.8. The summed E-state index contributed by atoms with van der Waals surface area (Å²) in [5.74, 6) is -0.704. The Balaban J connectivity index is 1.77. The summed E-state index contributed by atoms with van der Waals surface area (Å²) in [7, 11) is -2.36. The molecular weight excluding hydrogens is 390 g/mol. The van der Waals surface area contributed by atoms with Crippen LogP contribution in [-0.2, 0) is 32.7 Å². The van der Waals surface area contributed by atoms with Crippen LogP contribution in [0.15, 0.2) is 72.9 Å². The van der Waals surface area contributed by atoms with E-state index in [1.807, 2.05) is 30.3 Å². The highest BCUT2D eigenvalue weighted by molar-refractivity contribution is 7.89. The normalized spacial score (nSPS) is 11.1. The number of nitrogens with zero attached hydrogens (tertiary/aromatic N) is 1. The predicted octanol–water partition coefficient (Wildman–Crippen LogP) is 3.56. The number of hydrogen-bond acceptors (Lipinski definition) is 6. The number of para-hydroxylation sites is 1. The van der Waals surface area contributed by atoms with Gasteiger partial charge in [0, 0.05) is 11.8 Å². The zero-order valence-electron chi connectivity index (χ0n) is 15.9. The van der Waals surface area contributed by atoms with E-state index in [-0.39, 0.29) is 22.8 Å². The first kappa shape index (κ1) is 20.5. The van der Waals surface area contributed by atoms with Gasteiger partial charge in [0.05, 0.1) is 29.9 Å². The zero-order chi connectivity index (χ0) is 20.7. The van der Waals surface area contributed by atoms with E-state index in [0.717, 1.165) is 5.56 Å². The molecule has 0 aliphatic heterocycles.